The SMILES string of the molecule is Cc1nc(NCc2ccccc2-n2cccn2)ccc1N. The molecule has 0 aliphatic carbocycles. The Hall–Kier alpha value is -2.82. The minimum atomic E-state index is 0.673. The molecule has 0 saturated heterocycles. The predicted molar refractivity (Wildman–Crippen MR) is 84.3 cm³/mol. The number of anilines is 2. The van der Waals surface area contributed by atoms with Crippen LogP contribution < -0.4 is 11.1 Å². The monoisotopic (exact) mass is 279 g/mol. The van der Waals surface area contributed by atoms with Crippen LogP contribution in [0.1, 0.15) is 11.3 Å². The maximum Gasteiger partial charge on any atom is 0.126 e. The zero-order valence-electron chi connectivity index (χ0n) is 11.8. The maximum absolute atomic E-state index is 5.78. The minimum absolute atomic E-state index is 0.673. The summed E-state index contributed by atoms with van der Waals surface area (Å²) in [7, 11) is 0. The zero-order valence-corrected chi connectivity index (χ0v) is 11.8. The lowest BCUT2D eigenvalue weighted by atomic mass is 10.2. The second-order valence-corrected chi connectivity index (χ2v) is 4.80. The molecule has 3 rings (SSSR count). The summed E-state index contributed by atoms with van der Waals surface area (Å²) in [6.07, 6.45) is 3.71. The Kier molecular flexibility index (Phi) is 3.55. The number of aryl methyl sites for hydroxylation is 1. The quantitative estimate of drug-likeness (QED) is 0.770. The highest BCUT2D eigenvalue weighted by molar-refractivity contribution is 5.50. The number of nitrogens with one attached hydrogen (secondary N) is 1. The summed E-state index contributed by atoms with van der Waals surface area (Å²) < 4.78 is 1.86. The van der Waals surface area contributed by atoms with Gasteiger partial charge in [-0.3, -0.25) is 0 Å². The Balaban J connectivity index is 1.81. The van der Waals surface area contributed by atoms with Crippen LogP contribution in [0.3, 0.4) is 0 Å². The summed E-state index contributed by atoms with van der Waals surface area (Å²) in [6, 6.07) is 13.8. The molecule has 5 heteroatoms. The Morgan fingerprint density at radius 3 is 2.76 bits per heavy atom. The fraction of sp³-hybridized carbons (Fsp3) is 0.125. The first-order valence-corrected chi connectivity index (χ1v) is 6.79. The van der Waals surface area contributed by atoms with Gasteiger partial charge in [0.1, 0.15) is 5.82 Å². The number of hydrogen-bond donors (Lipinski definition) is 2. The van der Waals surface area contributed by atoms with Gasteiger partial charge >= 0.3 is 0 Å². The molecule has 0 aliphatic rings. The number of nitrogens with two attached hydrogens (primary N) is 1. The molecule has 2 aromatic heterocycles. The van der Waals surface area contributed by atoms with Gasteiger partial charge in [0.05, 0.1) is 17.1 Å². The van der Waals surface area contributed by atoms with Crippen molar-refractivity contribution in [2.75, 3.05) is 11.1 Å². The summed E-state index contributed by atoms with van der Waals surface area (Å²) in [5, 5.41) is 7.61. The number of nitrogens with zero attached hydrogens (tertiary/aromatic N) is 3. The molecule has 106 valence electrons. The van der Waals surface area contributed by atoms with Crippen LogP contribution in [0.4, 0.5) is 11.5 Å². The number of benzene rings is 1. The van der Waals surface area contributed by atoms with Crippen molar-refractivity contribution in [3.63, 3.8) is 0 Å². The van der Waals surface area contributed by atoms with Gasteiger partial charge in [-0.05, 0) is 36.8 Å². The van der Waals surface area contributed by atoms with Crippen LogP contribution in [0.25, 0.3) is 5.69 Å². The lowest BCUT2D eigenvalue weighted by Gasteiger charge is -2.11. The van der Waals surface area contributed by atoms with Crippen molar-refractivity contribution in [2.45, 2.75) is 13.5 Å². The molecule has 5 nitrogen and oxygen atoms in total. The van der Waals surface area contributed by atoms with Crippen molar-refractivity contribution in [3.05, 3.63) is 66.1 Å². The van der Waals surface area contributed by atoms with Crippen molar-refractivity contribution in [2.24, 2.45) is 0 Å². The summed E-state index contributed by atoms with van der Waals surface area (Å²) in [4.78, 5) is 4.42. The van der Waals surface area contributed by atoms with Crippen LogP contribution in [0.2, 0.25) is 0 Å². The smallest absolute Gasteiger partial charge is 0.126 e. The number of pyridine rings is 1. The topological polar surface area (TPSA) is 68.8 Å². The molecule has 1 aromatic carbocycles. The van der Waals surface area contributed by atoms with Gasteiger partial charge in [-0.25, -0.2) is 9.67 Å². The Labute approximate surface area is 123 Å². The molecule has 0 unspecified atom stereocenters. The average molecular weight is 279 g/mol. The third-order valence-corrected chi connectivity index (χ3v) is 3.33. The average Bonchev–Trinajstić information content (AvgIpc) is 3.03. The van der Waals surface area contributed by atoms with E-state index < -0.39 is 0 Å². The van der Waals surface area contributed by atoms with Crippen LogP contribution in [0, 0.1) is 6.92 Å². The fourth-order valence-electron chi connectivity index (χ4n) is 2.15. The van der Waals surface area contributed by atoms with Crippen molar-refractivity contribution >= 4 is 11.5 Å². The molecule has 0 atom stereocenters. The van der Waals surface area contributed by atoms with Crippen molar-refractivity contribution in [1.82, 2.24) is 14.8 Å². The van der Waals surface area contributed by atoms with Crippen LogP contribution in [0.5, 0.6) is 0 Å². The standard InChI is InChI=1S/C16H17N5/c1-12-14(17)7-8-16(20-12)18-11-13-5-2-3-6-15(13)21-10-4-9-19-21/h2-10H,11,17H2,1H3,(H,18,20). The van der Waals surface area contributed by atoms with Crippen LogP contribution in [0.15, 0.2) is 54.9 Å². The lowest BCUT2D eigenvalue weighted by molar-refractivity contribution is 0.863. The van der Waals surface area contributed by atoms with Crippen LogP contribution in [-0.4, -0.2) is 14.8 Å². The van der Waals surface area contributed by atoms with Gasteiger partial charge in [0.15, 0.2) is 0 Å². The first kappa shape index (κ1) is 13.2. The van der Waals surface area contributed by atoms with Crippen molar-refractivity contribution < 1.29 is 0 Å². The van der Waals surface area contributed by atoms with E-state index >= 15 is 0 Å². The number of aromatic nitrogens is 3. The zero-order chi connectivity index (χ0) is 14.7. The molecule has 0 fully saturated rings. The number of nitrogen functional groups attached to an aromatic ring is 1. The summed E-state index contributed by atoms with van der Waals surface area (Å²) in [5.41, 5.74) is 9.53. The van der Waals surface area contributed by atoms with E-state index in [1.165, 1.54) is 0 Å². The molecular formula is C16H17N5. The van der Waals surface area contributed by atoms with Gasteiger partial charge < -0.3 is 11.1 Å². The molecule has 3 aromatic rings. The summed E-state index contributed by atoms with van der Waals surface area (Å²) in [6.45, 7) is 2.57. The van der Waals surface area contributed by atoms with Crippen LogP contribution >= 0.6 is 0 Å². The third-order valence-electron chi connectivity index (χ3n) is 3.33. The molecule has 2 heterocycles. The Bertz CT molecular complexity index is 734. The first-order chi connectivity index (χ1) is 10.2. The van der Waals surface area contributed by atoms with E-state index in [1.807, 2.05) is 54.2 Å². The van der Waals surface area contributed by atoms with Gasteiger partial charge in [0.25, 0.3) is 0 Å². The van der Waals surface area contributed by atoms with E-state index in [-0.39, 0.29) is 0 Å². The molecule has 21 heavy (non-hydrogen) atoms. The molecule has 0 radical (unpaired) electrons. The number of rotatable bonds is 4. The molecule has 0 bridgehead atoms. The molecular weight excluding hydrogens is 262 g/mol. The van der Waals surface area contributed by atoms with Crippen LogP contribution in [-0.2, 0) is 6.54 Å². The second kappa shape index (κ2) is 5.66. The normalized spacial score (nSPS) is 10.5. The van der Waals surface area contributed by atoms with Gasteiger partial charge in [-0.1, -0.05) is 18.2 Å². The predicted octanol–water partition coefficient (Wildman–Crippen LogP) is 2.77. The van der Waals surface area contributed by atoms with Gasteiger partial charge in [-0.15, -0.1) is 0 Å². The largest absolute Gasteiger partial charge is 0.397 e. The van der Waals surface area contributed by atoms with Gasteiger partial charge in [0, 0.05) is 18.9 Å². The molecule has 0 amide bonds. The second-order valence-electron chi connectivity index (χ2n) is 4.80. The Morgan fingerprint density at radius 1 is 1.14 bits per heavy atom. The molecule has 3 N–H and O–H groups in total. The molecule has 0 aliphatic heterocycles. The van der Waals surface area contributed by atoms with Gasteiger partial charge in [-0.2, -0.15) is 5.10 Å². The molecule has 0 spiro atoms. The number of para-hydroxylation sites is 1. The maximum atomic E-state index is 5.78. The highest BCUT2D eigenvalue weighted by Crippen LogP contribution is 2.16. The minimum Gasteiger partial charge on any atom is -0.397 e. The summed E-state index contributed by atoms with van der Waals surface area (Å²) in [5.74, 6) is 0.817. The van der Waals surface area contributed by atoms with Crippen molar-refractivity contribution in [1.29, 1.82) is 0 Å². The van der Waals surface area contributed by atoms with E-state index in [4.69, 9.17) is 5.73 Å². The Morgan fingerprint density at radius 2 is 2.00 bits per heavy atom. The van der Waals surface area contributed by atoms with Gasteiger partial charge in [0.2, 0.25) is 0 Å². The van der Waals surface area contributed by atoms with Crippen molar-refractivity contribution in [3.8, 4) is 5.69 Å². The highest BCUT2D eigenvalue weighted by atomic mass is 15.3. The van der Waals surface area contributed by atoms with E-state index in [9.17, 15) is 0 Å². The van der Waals surface area contributed by atoms with E-state index in [0.717, 1.165) is 22.8 Å². The van der Waals surface area contributed by atoms with E-state index in [1.54, 1.807) is 6.20 Å². The fourth-order valence-corrected chi connectivity index (χ4v) is 2.15. The van der Waals surface area contributed by atoms with E-state index in [2.05, 4.69) is 21.5 Å². The first-order valence-electron chi connectivity index (χ1n) is 6.79. The number of hydrogen-bond acceptors (Lipinski definition) is 4. The highest BCUT2D eigenvalue weighted by Gasteiger charge is 2.05. The summed E-state index contributed by atoms with van der Waals surface area (Å²) >= 11 is 0. The lowest BCUT2D eigenvalue weighted by Crippen LogP contribution is -2.07. The van der Waals surface area contributed by atoms with E-state index in [0.29, 0.717) is 12.2 Å². The third kappa shape index (κ3) is 2.86. The molecule has 0 saturated carbocycles.